The first kappa shape index (κ1) is 10.7. The molecule has 0 saturated heterocycles. The predicted octanol–water partition coefficient (Wildman–Crippen LogP) is 1.43. The lowest BCUT2D eigenvalue weighted by atomic mass is 10.1. The van der Waals surface area contributed by atoms with Crippen LogP contribution in [-0.4, -0.2) is 18.1 Å². The van der Waals surface area contributed by atoms with Crippen LogP contribution in [-0.2, 0) is 16.0 Å². The molecule has 14 heavy (non-hydrogen) atoms. The summed E-state index contributed by atoms with van der Waals surface area (Å²) in [5, 5.41) is 8.74. The minimum absolute atomic E-state index is 0.0127. The zero-order valence-electron chi connectivity index (χ0n) is 7.45. The van der Waals surface area contributed by atoms with Crippen molar-refractivity contribution in [3.05, 3.63) is 28.0 Å². The molecule has 0 aliphatic carbocycles. The highest BCUT2D eigenvalue weighted by atomic mass is 79.9. The molecule has 1 aromatic heterocycles. The fourth-order valence-corrected chi connectivity index (χ4v) is 1.27. The van der Waals surface area contributed by atoms with Crippen LogP contribution in [0.25, 0.3) is 0 Å². The molecule has 0 spiro atoms. The second kappa shape index (κ2) is 4.72. The van der Waals surface area contributed by atoms with Crippen LogP contribution in [0.4, 0.5) is 0 Å². The largest absolute Gasteiger partial charge is 0.469 e. The summed E-state index contributed by atoms with van der Waals surface area (Å²) in [4.78, 5) is 15.0. The van der Waals surface area contributed by atoms with E-state index in [1.165, 1.54) is 7.11 Å². The highest BCUT2D eigenvalue weighted by Crippen LogP contribution is 2.12. The quantitative estimate of drug-likeness (QED) is 0.592. The number of ether oxygens (including phenoxy) is 1. The molecule has 0 N–H and O–H groups in total. The van der Waals surface area contributed by atoms with E-state index in [0.29, 0.717) is 15.9 Å². The average Bonchev–Trinajstić information content (AvgIpc) is 2.18. The van der Waals surface area contributed by atoms with Crippen molar-refractivity contribution in [1.82, 2.24) is 4.98 Å². The third-order valence-corrected chi connectivity index (χ3v) is 2.04. The summed E-state index contributed by atoms with van der Waals surface area (Å²) in [5.41, 5.74) is 0.812. The Bertz CT molecular complexity index is 398. The molecule has 0 bridgehead atoms. The van der Waals surface area contributed by atoms with Crippen molar-refractivity contribution < 1.29 is 9.53 Å². The topological polar surface area (TPSA) is 63.0 Å². The normalized spacial score (nSPS) is 9.21. The van der Waals surface area contributed by atoms with E-state index >= 15 is 0 Å². The van der Waals surface area contributed by atoms with Crippen LogP contribution in [0.15, 0.2) is 16.7 Å². The lowest BCUT2D eigenvalue weighted by Gasteiger charge is -2.01. The molecule has 0 radical (unpaired) electrons. The van der Waals surface area contributed by atoms with Gasteiger partial charge in [-0.2, -0.15) is 5.26 Å². The Morgan fingerprint density at radius 1 is 1.71 bits per heavy atom. The van der Waals surface area contributed by atoms with E-state index in [9.17, 15) is 4.79 Å². The van der Waals surface area contributed by atoms with Crippen LogP contribution in [0.5, 0.6) is 0 Å². The van der Waals surface area contributed by atoms with Gasteiger partial charge in [0.05, 0.1) is 24.8 Å². The summed E-state index contributed by atoms with van der Waals surface area (Å²) in [5.74, 6) is -0.410. The summed E-state index contributed by atoms with van der Waals surface area (Å²) < 4.78 is 5.08. The third-order valence-electron chi connectivity index (χ3n) is 1.60. The molecule has 1 aromatic rings. The standard InChI is InChI=1S/C9H7BrN2O2/c1-14-9(13)4-7-6(5-11)2-3-8(10)12-7/h2-3H,4H2,1H3. The molecule has 0 amide bonds. The Morgan fingerprint density at radius 2 is 2.43 bits per heavy atom. The van der Waals surface area contributed by atoms with Crippen molar-refractivity contribution in [1.29, 1.82) is 5.26 Å². The second-order valence-electron chi connectivity index (χ2n) is 2.49. The van der Waals surface area contributed by atoms with E-state index in [2.05, 4.69) is 25.7 Å². The Morgan fingerprint density at radius 3 is 3.00 bits per heavy atom. The molecule has 1 heterocycles. The number of hydrogen-bond donors (Lipinski definition) is 0. The Kier molecular flexibility index (Phi) is 3.60. The van der Waals surface area contributed by atoms with Crippen LogP contribution in [0.2, 0.25) is 0 Å². The first-order chi connectivity index (χ1) is 6.67. The van der Waals surface area contributed by atoms with Gasteiger partial charge < -0.3 is 4.74 Å². The van der Waals surface area contributed by atoms with Crippen molar-refractivity contribution in [2.24, 2.45) is 0 Å². The van der Waals surface area contributed by atoms with Gasteiger partial charge in [0, 0.05) is 0 Å². The summed E-state index contributed by atoms with van der Waals surface area (Å²) in [7, 11) is 1.30. The number of hydrogen-bond acceptors (Lipinski definition) is 4. The zero-order valence-corrected chi connectivity index (χ0v) is 9.04. The number of methoxy groups -OCH3 is 1. The van der Waals surface area contributed by atoms with E-state index < -0.39 is 5.97 Å². The minimum atomic E-state index is -0.410. The molecule has 1 rings (SSSR count). The highest BCUT2D eigenvalue weighted by molar-refractivity contribution is 9.10. The number of esters is 1. The number of carbonyl (C=O) groups is 1. The predicted molar refractivity (Wildman–Crippen MR) is 52.4 cm³/mol. The van der Waals surface area contributed by atoms with Gasteiger partial charge in [-0.15, -0.1) is 0 Å². The minimum Gasteiger partial charge on any atom is -0.469 e. The van der Waals surface area contributed by atoms with Gasteiger partial charge in [0.25, 0.3) is 0 Å². The van der Waals surface area contributed by atoms with Gasteiger partial charge in [-0.1, -0.05) is 0 Å². The smallest absolute Gasteiger partial charge is 0.311 e. The van der Waals surface area contributed by atoms with Crippen LogP contribution in [0.3, 0.4) is 0 Å². The summed E-state index contributed by atoms with van der Waals surface area (Å²) in [6, 6.07) is 5.22. The van der Waals surface area contributed by atoms with Crippen molar-refractivity contribution in [3.63, 3.8) is 0 Å². The summed E-state index contributed by atoms with van der Waals surface area (Å²) in [6.45, 7) is 0. The first-order valence-electron chi connectivity index (χ1n) is 3.79. The number of nitriles is 1. The van der Waals surface area contributed by atoms with Crippen molar-refractivity contribution >= 4 is 21.9 Å². The number of pyridine rings is 1. The van der Waals surface area contributed by atoms with E-state index in [-0.39, 0.29) is 6.42 Å². The molecule has 0 aromatic carbocycles. The number of carbonyl (C=O) groups excluding carboxylic acids is 1. The Balaban J connectivity index is 3.00. The van der Waals surface area contributed by atoms with Crippen LogP contribution < -0.4 is 0 Å². The van der Waals surface area contributed by atoms with Gasteiger partial charge in [0.1, 0.15) is 10.7 Å². The fraction of sp³-hybridized carbons (Fsp3) is 0.222. The van der Waals surface area contributed by atoms with E-state index in [1.807, 2.05) is 6.07 Å². The molecule has 5 heteroatoms. The maximum Gasteiger partial charge on any atom is 0.311 e. The highest BCUT2D eigenvalue weighted by Gasteiger charge is 2.09. The van der Waals surface area contributed by atoms with Gasteiger partial charge in [-0.25, -0.2) is 4.98 Å². The maximum absolute atomic E-state index is 11.0. The summed E-state index contributed by atoms with van der Waals surface area (Å²) >= 11 is 3.16. The molecule has 72 valence electrons. The second-order valence-corrected chi connectivity index (χ2v) is 3.31. The van der Waals surface area contributed by atoms with Gasteiger partial charge in [-0.05, 0) is 28.1 Å². The molecule has 0 fully saturated rings. The van der Waals surface area contributed by atoms with Gasteiger partial charge in [-0.3, -0.25) is 4.79 Å². The van der Waals surface area contributed by atoms with Gasteiger partial charge >= 0.3 is 5.97 Å². The van der Waals surface area contributed by atoms with Crippen LogP contribution in [0, 0.1) is 11.3 Å². The van der Waals surface area contributed by atoms with E-state index in [4.69, 9.17) is 5.26 Å². The van der Waals surface area contributed by atoms with Crippen molar-refractivity contribution in [2.75, 3.05) is 7.11 Å². The summed E-state index contributed by atoms with van der Waals surface area (Å²) in [6.07, 6.45) is 0.0127. The van der Waals surface area contributed by atoms with Crippen LogP contribution >= 0.6 is 15.9 Å². The number of aromatic nitrogens is 1. The molecule has 4 nitrogen and oxygen atoms in total. The van der Waals surface area contributed by atoms with Gasteiger partial charge in [0.15, 0.2) is 0 Å². The third kappa shape index (κ3) is 2.54. The molecule has 0 saturated carbocycles. The average molecular weight is 255 g/mol. The van der Waals surface area contributed by atoms with Gasteiger partial charge in [0.2, 0.25) is 0 Å². The molecule has 0 atom stereocenters. The number of nitrogens with zero attached hydrogens (tertiary/aromatic N) is 2. The lowest BCUT2D eigenvalue weighted by Crippen LogP contribution is -2.07. The zero-order chi connectivity index (χ0) is 10.6. The van der Waals surface area contributed by atoms with Crippen molar-refractivity contribution in [2.45, 2.75) is 6.42 Å². The Labute approximate surface area is 89.6 Å². The van der Waals surface area contributed by atoms with E-state index in [1.54, 1.807) is 12.1 Å². The monoisotopic (exact) mass is 254 g/mol. The van der Waals surface area contributed by atoms with E-state index in [0.717, 1.165) is 0 Å². The molecule has 0 aliphatic heterocycles. The lowest BCUT2D eigenvalue weighted by molar-refractivity contribution is -0.139. The van der Waals surface area contributed by atoms with Crippen molar-refractivity contribution in [3.8, 4) is 6.07 Å². The number of halogens is 1. The first-order valence-corrected chi connectivity index (χ1v) is 4.59. The number of rotatable bonds is 2. The molecular weight excluding hydrogens is 248 g/mol. The molecular formula is C9H7BrN2O2. The molecule has 0 unspecified atom stereocenters. The Hall–Kier alpha value is -1.41. The molecule has 0 aliphatic rings. The van der Waals surface area contributed by atoms with Crippen LogP contribution in [0.1, 0.15) is 11.3 Å². The SMILES string of the molecule is COC(=O)Cc1nc(Br)ccc1C#N. The maximum atomic E-state index is 11.0. The fourth-order valence-electron chi connectivity index (χ4n) is 0.920.